The molecule has 1 aromatic rings. The van der Waals surface area contributed by atoms with Crippen molar-refractivity contribution in [2.45, 2.75) is 19.3 Å². The predicted molar refractivity (Wildman–Crippen MR) is 80.1 cm³/mol. The molecular formula is C13H18N5O2S. The molecule has 0 aromatic carbocycles. The topological polar surface area (TPSA) is 126 Å². The van der Waals surface area contributed by atoms with Gasteiger partial charge in [-0.3, -0.25) is 15.0 Å². The molecule has 0 aliphatic carbocycles. The summed E-state index contributed by atoms with van der Waals surface area (Å²) in [6.07, 6.45) is 4.19. The smallest absolute Gasteiger partial charge is 0.268 e. The minimum absolute atomic E-state index is 0.0806. The summed E-state index contributed by atoms with van der Waals surface area (Å²) in [4.78, 5) is 28.7. The average Bonchev–Trinajstić information content (AvgIpc) is 2.95. The highest BCUT2D eigenvalue weighted by atomic mass is 32.1. The van der Waals surface area contributed by atoms with Gasteiger partial charge in [0, 0.05) is 24.9 Å². The van der Waals surface area contributed by atoms with Crippen LogP contribution in [0.5, 0.6) is 0 Å². The number of carbonyl (C=O) groups excluding carboxylic acids is 2. The number of nitrogens with two attached hydrogens (primary N) is 2. The Hall–Kier alpha value is -1.96. The predicted octanol–water partition coefficient (Wildman–Crippen LogP) is 0.625. The number of guanidine groups is 1. The lowest BCUT2D eigenvalue weighted by Crippen LogP contribution is -2.43. The van der Waals surface area contributed by atoms with Crippen LogP contribution in [0.3, 0.4) is 0 Å². The van der Waals surface area contributed by atoms with E-state index in [-0.39, 0.29) is 22.4 Å². The summed E-state index contributed by atoms with van der Waals surface area (Å²) in [6.45, 7) is 1.50. The lowest BCUT2D eigenvalue weighted by Gasteiger charge is -2.32. The number of piperidine rings is 1. The van der Waals surface area contributed by atoms with Gasteiger partial charge in [-0.25, -0.2) is 4.98 Å². The number of nitrogens with zero attached hydrogens (tertiary/aromatic N) is 2. The van der Waals surface area contributed by atoms with Gasteiger partial charge in [-0.05, 0) is 25.2 Å². The third kappa shape index (κ3) is 4.01. The van der Waals surface area contributed by atoms with Crippen LogP contribution in [0.25, 0.3) is 0 Å². The molecule has 2 rings (SSSR count). The number of Topliss-reactive ketones (excluding diaryl/α,β-unsaturated/α-hetero) is 1. The molecule has 1 fully saturated rings. The summed E-state index contributed by atoms with van der Waals surface area (Å²) >= 11 is 1.12. The molecule has 1 aliphatic rings. The molecule has 21 heavy (non-hydrogen) atoms. The second-order valence-corrected chi connectivity index (χ2v) is 5.90. The molecule has 5 N–H and O–H groups in total. The van der Waals surface area contributed by atoms with Crippen LogP contribution in [0.15, 0.2) is 5.38 Å². The van der Waals surface area contributed by atoms with E-state index in [1.807, 2.05) is 4.90 Å². The quantitative estimate of drug-likeness (QED) is 0.417. The van der Waals surface area contributed by atoms with E-state index in [0.717, 1.165) is 30.7 Å². The van der Waals surface area contributed by atoms with Crippen LogP contribution < -0.4 is 11.5 Å². The van der Waals surface area contributed by atoms with Crippen LogP contribution >= 0.6 is 11.3 Å². The summed E-state index contributed by atoms with van der Waals surface area (Å²) < 4.78 is 0. The lowest BCUT2D eigenvalue weighted by molar-refractivity contribution is 0.0996. The number of likely N-dealkylation sites (tertiary alicyclic amines) is 1. The van der Waals surface area contributed by atoms with E-state index in [0.29, 0.717) is 18.9 Å². The van der Waals surface area contributed by atoms with Gasteiger partial charge >= 0.3 is 0 Å². The Kier molecular flexibility index (Phi) is 4.89. The zero-order chi connectivity index (χ0) is 15.4. The molecule has 1 radical (unpaired) electrons. The largest absolute Gasteiger partial charge is 0.370 e. The number of rotatable bonds is 5. The van der Waals surface area contributed by atoms with Crippen molar-refractivity contribution >= 4 is 29.0 Å². The molecule has 1 atom stereocenters. The zero-order valence-electron chi connectivity index (χ0n) is 11.5. The third-order valence-electron chi connectivity index (χ3n) is 3.46. The molecule has 0 spiro atoms. The third-order valence-corrected chi connectivity index (χ3v) is 4.32. The number of nitrogens with one attached hydrogen (secondary N) is 1. The first kappa shape index (κ1) is 15.4. The van der Waals surface area contributed by atoms with Crippen molar-refractivity contribution in [1.29, 1.82) is 5.41 Å². The van der Waals surface area contributed by atoms with Gasteiger partial charge in [0.2, 0.25) is 0 Å². The van der Waals surface area contributed by atoms with Gasteiger partial charge in [0.1, 0.15) is 5.69 Å². The maximum Gasteiger partial charge on any atom is 0.268 e. The lowest BCUT2D eigenvalue weighted by atomic mass is 9.93. The fraction of sp³-hybridized carbons (Fsp3) is 0.462. The number of ketones is 1. The van der Waals surface area contributed by atoms with E-state index in [1.54, 1.807) is 6.42 Å². The van der Waals surface area contributed by atoms with Crippen molar-refractivity contribution in [3.8, 4) is 0 Å². The Balaban J connectivity index is 1.85. The van der Waals surface area contributed by atoms with Gasteiger partial charge in [-0.1, -0.05) is 0 Å². The standard InChI is InChI=1S/C13H18N5O2S/c14-11(20)9-7-21-12(17-9)10(19)4-3-8-2-1-5-18(6-8)13(15)16/h4,7-8H,1-3,5-6H2,(H2,14,20)(H3,15,16). The number of hydrogen-bond acceptors (Lipinski definition) is 5. The molecule has 7 nitrogen and oxygen atoms in total. The fourth-order valence-electron chi connectivity index (χ4n) is 2.34. The molecule has 113 valence electrons. The molecule has 8 heteroatoms. The van der Waals surface area contributed by atoms with E-state index >= 15 is 0 Å². The number of aromatic nitrogens is 1. The first-order valence-electron chi connectivity index (χ1n) is 6.69. The van der Waals surface area contributed by atoms with E-state index in [9.17, 15) is 9.59 Å². The maximum absolute atomic E-state index is 12.0. The van der Waals surface area contributed by atoms with Gasteiger partial charge in [-0.15, -0.1) is 11.3 Å². The van der Waals surface area contributed by atoms with E-state index < -0.39 is 5.91 Å². The molecule has 1 aromatic heterocycles. The van der Waals surface area contributed by atoms with Gasteiger partial charge in [-0.2, -0.15) is 0 Å². The molecular weight excluding hydrogens is 290 g/mol. The summed E-state index contributed by atoms with van der Waals surface area (Å²) in [6, 6.07) is 0. The first-order chi connectivity index (χ1) is 9.97. The van der Waals surface area contributed by atoms with Crippen molar-refractivity contribution in [2.75, 3.05) is 13.1 Å². The van der Waals surface area contributed by atoms with Crippen LogP contribution in [-0.2, 0) is 0 Å². The van der Waals surface area contributed by atoms with E-state index in [4.69, 9.17) is 16.9 Å². The van der Waals surface area contributed by atoms with Gasteiger partial charge < -0.3 is 16.4 Å². The van der Waals surface area contributed by atoms with Crippen LogP contribution in [0, 0.1) is 17.7 Å². The summed E-state index contributed by atoms with van der Waals surface area (Å²) in [7, 11) is 0. The Bertz CT molecular complexity index is 557. The van der Waals surface area contributed by atoms with Crippen LogP contribution in [0.2, 0.25) is 0 Å². The van der Waals surface area contributed by atoms with E-state index in [2.05, 4.69) is 4.98 Å². The van der Waals surface area contributed by atoms with Crippen LogP contribution in [0.4, 0.5) is 0 Å². The Morgan fingerprint density at radius 1 is 1.52 bits per heavy atom. The second-order valence-electron chi connectivity index (χ2n) is 5.05. The molecule has 2 heterocycles. The highest BCUT2D eigenvalue weighted by Gasteiger charge is 2.22. The summed E-state index contributed by atoms with van der Waals surface area (Å²) in [5, 5.41) is 9.22. The highest BCUT2D eigenvalue weighted by molar-refractivity contribution is 7.12. The summed E-state index contributed by atoms with van der Waals surface area (Å²) in [5.74, 6) is -0.429. The molecule has 1 saturated heterocycles. The van der Waals surface area contributed by atoms with Crippen LogP contribution in [-0.4, -0.2) is 40.6 Å². The average molecular weight is 308 g/mol. The Morgan fingerprint density at radius 3 is 2.90 bits per heavy atom. The van der Waals surface area contributed by atoms with E-state index in [1.165, 1.54) is 5.38 Å². The number of hydrogen-bond donors (Lipinski definition) is 3. The van der Waals surface area contributed by atoms with Gasteiger partial charge in [0.05, 0.1) is 0 Å². The minimum atomic E-state index is -0.630. The second kappa shape index (κ2) is 6.66. The monoisotopic (exact) mass is 308 g/mol. The Labute approximate surface area is 126 Å². The number of carbonyl (C=O) groups is 2. The normalized spacial score (nSPS) is 18.5. The summed E-state index contributed by atoms with van der Waals surface area (Å²) in [5.41, 5.74) is 10.7. The van der Waals surface area contributed by atoms with Crippen molar-refractivity contribution in [3.63, 3.8) is 0 Å². The van der Waals surface area contributed by atoms with Crippen LogP contribution in [0.1, 0.15) is 39.6 Å². The maximum atomic E-state index is 12.0. The van der Waals surface area contributed by atoms with Crippen molar-refractivity contribution in [2.24, 2.45) is 17.4 Å². The first-order valence-corrected chi connectivity index (χ1v) is 7.57. The molecule has 0 bridgehead atoms. The van der Waals surface area contributed by atoms with Gasteiger partial charge in [0.15, 0.2) is 16.8 Å². The molecule has 1 unspecified atom stereocenters. The van der Waals surface area contributed by atoms with Crippen molar-refractivity contribution in [1.82, 2.24) is 9.88 Å². The molecule has 1 aliphatic heterocycles. The molecule has 0 saturated carbocycles. The zero-order valence-corrected chi connectivity index (χ0v) is 12.4. The fourth-order valence-corrected chi connectivity index (χ4v) is 3.08. The number of amides is 1. The Morgan fingerprint density at radius 2 is 2.29 bits per heavy atom. The minimum Gasteiger partial charge on any atom is -0.370 e. The molecule has 1 amide bonds. The van der Waals surface area contributed by atoms with Gasteiger partial charge in [0.25, 0.3) is 5.91 Å². The number of primary amides is 1. The highest BCUT2D eigenvalue weighted by Crippen LogP contribution is 2.22. The van der Waals surface area contributed by atoms with Crippen molar-refractivity contribution < 1.29 is 9.59 Å². The number of thiazole rings is 1. The SMILES string of the molecule is N=C(N)N1CCCC(C[CH]C(=O)c2nc(C(N)=O)cs2)C1. The van der Waals surface area contributed by atoms with Crippen molar-refractivity contribution in [3.05, 3.63) is 22.5 Å².